The first-order valence-electron chi connectivity index (χ1n) is 5.47. The van der Waals surface area contributed by atoms with E-state index in [4.69, 9.17) is 0 Å². The molecular weight excluding hydrogens is 224 g/mol. The summed E-state index contributed by atoms with van der Waals surface area (Å²) in [6, 6.07) is 0. The molecule has 1 rings (SSSR count). The lowest BCUT2D eigenvalue weighted by Gasteiger charge is -2.29. The van der Waals surface area contributed by atoms with Gasteiger partial charge in [-0.05, 0) is 45.4 Å². The van der Waals surface area contributed by atoms with E-state index < -0.39 is 18.9 Å². The number of halogens is 4. The monoisotopic (exact) mass is 242 g/mol. The van der Waals surface area contributed by atoms with Crippen molar-refractivity contribution in [2.75, 3.05) is 33.2 Å². The summed E-state index contributed by atoms with van der Waals surface area (Å²) in [6.07, 6.45) is -1.72. The van der Waals surface area contributed by atoms with Gasteiger partial charge in [-0.15, -0.1) is 0 Å². The lowest BCUT2D eigenvalue weighted by Crippen LogP contribution is -2.42. The van der Waals surface area contributed by atoms with Gasteiger partial charge in [-0.3, -0.25) is 0 Å². The lowest BCUT2D eigenvalue weighted by molar-refractivity contribution is -0.125. The van der Waals surface area contributed by atoms with Crippen molar-refractivity contribution in [1.82, 2.24) is 10.2 Å². The second-order valence-corrected chi connectivity index (χ2v) is 4.44. The summed E-state index contributed by atoms with van der Waals surface area (Å²) < 4.78 is 48.7. The number of rotatable bonds is 5. The molecule has 96 valence electrons. The van der Waals surface area contributed by atoms with Crippen LogP contribution in [-0.2, 0) is 0 Å². The molecule has 0 atom stereocenters. The maximum atomic E-state index is 12.5. The Morgan fingerprint density at radius 1 is 1.31 bits per heavy atom. The van der Waals surface area contributed by atoms with Crippen molar-refractivity contribution >= 4 is 0 Å². The predicted molar refractivity (Wildman–Crippen MR) is 54.0 cm³/mol. The van der Waals surface area contributed by atoms with Crippen LogP contribution in [0.3, 0.4) is 0 Å². The normalized spacial score (nSPS) is 20.6. The minimum absolute atomic E-state index is 0.324. The molecule has 0 saturated carbocycles. The highest BCUT2D eigenvalue weighted by molar-refractivity contribution is 4.76. The Kier molecular flexibility index (Phi) is 4.98. The van der Waals surface area contributed by atoms with Gasteiger partial charge in [-0.1, -0.05) is 0 Å². The number of likely N-dealkylation sites (tertiary alicyclic amines) is 1. The first-order valence-corrected chi connectivity index (χ1v) is 5.47. The average molecular weight is 242 g/mol. The minimum atomic E-state index is -3.91. The Morgan fingerprint density at radius 3 is 2.38 bits per heavy atom. The van der Waals surface area contributed by atoms with Crippen LogP contribution >= 0.6 is 0 Å². The fraction of sp³-hybridized carbons (Fsp3) is 1.00. The largest absolute Gasteiger partial charge is 0.319 e. The van der Waals surface area contributed by atoms with Crippen LogP contribution in [0.4, 0.5) is 17.6 Å². The second-order valence-electron chi connectivity index (χ2n) is 4.44. The molecule has 1 N–H and O–H groups in total. The Hall–Kier alpha value is -0.360. The van der Waals surface area contributed by atoms with E-state index in [1.165, 1.54) is 0 Å². The van der Waals surface area contributed by atoms with E-state index in [-0.39, 0.29) is 0 Å². The van der Waals surface area contributed by atoms with Gasteiger partial charge in [-0.2, -0.15) is 8.78 Å². The van der Waals surface area contributed by atoms with Crippen molar-refractivity contribution in [1.29, 1.82) is 0 Å². The van der Waals surface area contributed by atoms with Crippen LogP contribution in [0.1, 0.15) is 12.8 Å². The molecule has 1 aliphatic rings. The molecule has 1 saturated heterocycles. The van der Waals surface area contributed by atoms with Crippen LogP contribution in [0.2, 0.25) is 0 Å². The molecule has 6 heteroatoms. The van der Waals surface area contributed by atoms with Crippen LogP contribution < -0.4 is 5.32 Å². The highest BCUT2D eigenvalue weighted by atomic mass is 19.3. The minimum Gasteiger partial charge on any atom is -0.311 e. The highest BCUT2D eigenvalue weighted by Gasteiger charge is 2.40. The number of nitrogens with one attached hydrogen (secondary N) is 1. The van der Waals surface area contributed by atoms with Crippen molar-refractivity contribution in [3.63, 3.8) is 0 Å². The molecule has 16 heavy (non-hydrogen) atoms. The SMILES string of the molecule is CN1CCC(CNCC(F)(F)C(F)F)CC1. The zero-order chi connectivity index (χ0) is 12.2. The molecule has 0 aromatic rings. The van der Waals surface area contributed by atoms with E-state index in [1.807, 2.05) is 7.05 Å². The molecular formula is C10H18F4N2. The van der Waals surface area contributed by atoms with Gasteiger partial charge in [0.2, 0.25) is 0 Å². The average Bonchev–Trinajstić information content (AvgIpc) is 2.20. The summed E-state index contributed by atoms with van der Waals surface area (Å²) in [5.41, 5.74) is 0. The van der Waals surface area contributed by atoms with E-state index in [1.54, 1.807) is 0 Å². The highest BCUT2D eigenvalue weighted by Crippen LogP contribution is 2.22. The molecule has 1 aliphatic heterocycles. The van der Waals surface area contributed by atoms with Crippen molar-refractivity contribution in [2.24, 2.45) is 5.92 Å². The van der Waals surface area contributed by atoms with Gasteiger partial charge in [-0.25, -0.2) is 8.78 Å². The first-order chi connectivity index (χ1) is 7.42. The third kappa shape index (κ3) is 4.25. The molecule has 0 aromatic carbocycles. The summed E-state index contributed by atoms with van der Waals surface area (Å²) in [6.45, 7) is 1.35. The van der Waals surface area contributed by atoms with E-state index in [0.717, 1.165) is 25.9 Å². The van der Waals surface area contributed by atoms with Crippen LogP contribution in [0.25, 0.3) is 0 Å². The second kappa shape index (κ2) is 5.82. The number of nitrogens with zero attached hydrogens (tertiary/aromatic N) is 1. The fourth-order valence-electron chi connectivity index (χ4n) is 1.79. The summed E-state index contributed by atoms with van der Waals surface area (Å²) in [4.78, 5) is 2.17. The van der Waals surface area contributed by atoms with Gasteiger partial charge >= 0.3 is 12.3 Å². The zero-order valence-electron chi connectivity index (χ0n) is 9.36. The smallest absolute Gasteiger partial charge is 0.311 e. The molecule has 0 aliphatic carbocycles. The van der Waals surface area contributed by atoms with E-state index in [0.29, 0.717) is 12.5 Å². The van der Waals surface area contributed by atoms with Crippen molar-refractivity contribution < 1.29 is 17.6 Å². The van der Waals surface area contributed by atoms with Gasteiger partial charge in [0.05, 0.1) is 6.54 Å². The Labute approximate surface area is 93.0 Å². The quantitative estimate of drug-likeness (QED) is 0.740. The maximum Gasteiger partial charge on any atom is 0.319 e. The third-order valence-corrected chi connectivity index (χ3v) is 2.95. The molecule has 0 bridgehead atoms. The summed E-state index contributed by atoms with van der Waals surface area (Å²) >= 11 is 0. The number of hydrogen-bond acceptors (Lipinski definition) is 2. The molecule has 0 unspecified atom stereocenters. The number of hydrogen-bond donors (Lipinski definition) is 1. The topological polar surface area (TPSA) is 15.3 Å². The van der Waals surface area contributed by atoms with Crippen LogP contribution in [0.15, 0.2) is 0 Å². The molecule has 1 fully saturated rings. The van der Waals surface area contributed by atoms with Crippen LogP contribution in [0, 0.1) is 5.92 Å². The summed E-state index contributed by atoms with van der Waals surface area (Å²) in [7, 11) is 2.01. The molecule has 0 radical (unpaired) electrons. The van der Waals surface area contributed by atoms with Gasteiger partial charge in [0, 0.05) is 0 Å². The Morgan fingerprint density at radius 2 is 1.88 bits per heavy atom. The lowest BCUT2D eigenvalue weighted by atomic mass is 9.97. The third-order valence-electron chi connectivity index (χ3n) is 2.95. The molecule has 1 heterocycles. The zero-order valence-corrected chi connectivity index (χ0v) is 9.36. The molecule has 0 aromatic heterocycles. The Bertz CT molecular complexity index is 203. The standard InChI is InChI=1S/C10H18F4N2/c1-16-4-2-8(3-5-16)6-15-7-10(13,14)9(11)12/h8-9,15H,2-7H2,1H3. The van der Waals surface area contributed by atoms with Gasteiger partial charge in [0.15, 0.2) is 0 Å². The van der Waals surface area contributed by atoms with Gasteiger partial charge < -0.3 is 10.2 Å². The fourth-order valence-corrected chi connectivity index (χ4v) is 1.79. The van der Waals surface area contributed by atoms with E-state index in [9.17, 15) is 17.6 Å². The van der Waals surface area contributed by atoms with Gasteiger partial charge in [0.1, 0.15) is 0 Å². The summed E-state index contributed by atoms with van der Waals surface area (Å²) in [5, 5.41) is 2.44. The van der Waals surface area contributed by atoms with Crippen LogP contribution in [-0.4, -0.2) is 50.5 Å². The van der Waals surface area contributed by atoms with Crippen molar-refractivity contribution in [2.45, 2.75) is 25.2 Å². The summed E-state index contributed by atoms with van der Waals surface area (Å²) in [5.74, 6) is -3.59. The molecule has 0 amide bonds. The van der Waals surface area contributed by atoms with Crippen molar-refractivity contribution in [3.8, 4) is 0 Å². The van der Waals surface area contributed by atoms with Gasteiger partial charge in [0.25, 0.3) is 0 Å². The molecule has 2 nitrogen and oxygen atoms in total. The first kappa shape index (κ1) is 13.7. The van der Waals surface area contributed by atoms with E-state index in [2.05, 4.69) is 10.2 Å². The van der Waals surface area contributed by atoms with Crippen molar-refractivity contribution in [3.05, 3.63) is 0 Å². The van der Waals surface area contributed by atoms with E-state index >= 15 is 0 Å². The number of piperidine rings is 1. The number of alkyl halides is 4. The van der Waals surface area contributed by atoms with Crippen LogP contribution in [0.5, 0.6) is 0 Å². The maximum absolute atomic E-state index is 12.5. The molecule has 0 spiro atoms. The Balaban J connectivity index is 2.16. The predicted octanol–water partition coefficient (Wildman–Crippen LogP) is 1.82.